The van der Waals surface area contributed by atoms with Gasteiger partial charge in [0.15, 0.2) is 0 Å². The third-order valence-electron chi connectivity index (χ3n) is 3.47. The average molecular weight is 222 g/mol. The summed E-state index contributed by atoms with van der Waals surface area (Å²) in [6.45, 7) is 1.91. The minimum absolute atomic E-state index is 0.0944. The lowest BCUT2D eigenvalue weighted by molar-refractivity contribution is 0.372. The van der Waals surface area contributed by atoms with E-state index >= 15 is 0 Å². The monoisotopic (exact) mass is 222 g/mol. The van der Waals surface area contributed by atoms with E-state index in [-0.39, 0.29) is 11.9 Å². The lowest BCUT2D eigenvalue weighted by Crippen LogP contribution is -2.32. The van der Waals surface area contributed by atoms with E-state index in [9.17, 15) is 4.39 Å². The highest BCUT2D eigenvalue weighted by Gasteiger charge is 2.25. The first-order chi connectivity index (χ1) is 7.70. The van der Waals surface area contributed by atoms with Crippen molar-refractivity contribution in [2.45, 2.75) is 38.6 Å². The number of hydrogen-bond acceptors (Lipinski definition) is 2. The Morgan fingerprint density at radius 3 is 2.56 bits per heavy atom. The second-order valence-corrected chi connectivity index (χ2v) is 4.75. The van der Waals surface area contributed by atoms with Crippen molar-refractivity contribution >= 4 is 0 Å². The molecule has 3 heteroatoms. The third kappa shape index (κ3) is 2.42. The SMILES string of the molecule is Cc1cc(F)cc(C(NN)C2CCCC2)c1. The summed E-state index contributed by atoms with van der Waals surface area (Å²) in [5.74, 6) is 5.99. The second-order valence-electron chi connectivity index (χ2n) is 4.75. The fourth-order valence-corrected chi connectivity index (χ4v) is 2.74. The van der Waals surface area contributed by atoms with E-state index in [4.69, 9.17) is 5.84 Å². The molecule has 1 atom stereocenters. The van der Waals surface area contributed by atoms with Crippen LogP contribution in [0.2, 0.25) is 0 Å². The largest absolute Gasteiger partial charge is 0.271 e. The van der Waals surface area contributed by atoms with E-state index in [1.807, 2.05) is 13.0 Å². The average Bonchev–Trinajstić information content (AvgIpc) is 2.70. The predicted molar refractivity (Wildman–Crippen MR) is 63.2 cm³/mol. The van der Waals surface area contributed by atoms with Crippen molar-refractivity contribution in [1.29, 1.82) is 0 Å². The zero-order valence-electron chi connectivity index (χ0n) is 9.67. The van der Waals surface area contributed by atoms with Gasteiger partial charge in [-0.2, -0.15) is 0 Å². The molecule has 3 N–H and O–H groups in total. The highest BCUT2D eigenvalue weighted by molar-refractivity contribution is 5.26. The first-order valence-electron chi connectivity index (χ1n) is 5.94. The Bertz CT molecular complexity index is 339. The first kappa shape index (κ1) is 11.6. The number of benzene rings is 1. The van der Waals surface area contributed by atoms with Gasteiger partial charge < -0.3 is 0 Å². The third-order valence-corrected chi connectivity index (χ3v) is 3.47. The summed E-state index contributed by atoms with van der Waals surface area (Å²) < 4.78 is 13.3. The fraction of sp³-hybridized carbons (Fsp3) is 0.538. The van der Waals surface area contributed by atoms with E-state index in [1.54, 1.807) is 12.1 Å². The quantitative estimate of drug-likeness (QED) is 0.609. The van der Waals surface area contributed by atoms with Crippen molar-refractivity contribution in [2.75, 3.05) is 0 Å². The molecule has 0 aliphatic heterocycles. The number of aryl methyl sites for hydroxylation is 1. The van der Waals surface area contributed by atoms with Gasteiger partial charge in [0.2, 0.25) is 0 Å². The molecule has 0 saturated heterocycles. The molecule has 2 nitrogen and oxygen atoms in total. The van der Waals surface area contributed by atoms with Crippen molar-refractivity contribution in [3.63, 3.8) is 0 Å². The van der Waals surface area contributed by atoms with Crippen LogP contribution in [0.25, 0.3) is 0 Å². The molecule has 1 saturated carbocycles. The van der Waals surface area contributed by atoms with Crippen LogP contribution in [0.3, 0.4) is 0 Å². The Balaban J connectivity index is 2.24. The summed E-state index contributed by atoms with van der Waals surface area (Å²) >= 11 is 0. The molecule has 88 valence electrons. The van der Waals surface area contributed by atoms with Gasteiger partial charge in [-0.15, -0.1) is 0 Å². The summed E-state index contributed by atoms with van der Waals surface area (Å²) in [5.41, 5.74) is 4.78. The molecule has 1 fully saturated rings. The van der Waals surface area contributed by atoms with Gasteiger partial charge in [0.05, 0.1) is 0 Å². The zero-order chi connectivity index (χ0) is 11.5. The van der Waals surface area contributed by atoms with Crippen molar-refractivity contribution in [2.24, 2.45) is 11.8 Å². The van der Waals surface area contributed by atoms with Crippen molar-refractivity contribution in [3.8, 4) is 0 Å². The summed E-state index contributed by atoms with van der Waals surface area (Å²) in [6.07, 6.45) is 4.89. The van der Waals surface area contributed by atoms with Gasteiger partial charge in [0, 0.05) is 6.04 Å². The zero-order valence-corrected chi connectivity index (χ0v) is 9.67. The van der Waals surface area contributed by atoms with Gasteiger partial charge in [-0.3, -0.25) is 11.3 Å². The summed E-state index contributed by atoms with van der Waals surface area (Å²) in [5, 5.41) is 0. The molecular weight excluding hydrogens is 203 g/mol. The minimum atomic E-state index is -0.173. The number of rotatable bonds is 3. The Labute approximate surface area is 96.0 Å². The molecule has 0 heterocycles. The van der Waals surface area contributed by atoms with E-state index in [0.717, 1.165) is 11.1 Å². The number of nitrogens with two attached hydrogens (primary N) is 1. The van der Waals surface area contributed by atoms with Crippen LogP contribution in [0, 0.1) is 18.7 Å². The molecule has 1 aliphatic carbocycles. The van der Waals surface area contributed by atoms with Crippen LogP contribution >= 0.6 is 0 Å². The van der Waals surface area contributed by atoms with Gasteiger partial charge >= 0.3 is 0 Å². The molecule has 16 heavy (non-hydrogen) atoms. The van der Waals surface area contributed by atoms with Crippen molar-refractivity contribution in [3.05, 3.63) is 35.1 Å². The standard InChI is InChI=1S/C13H19FN2/c1-9-6-11(8-12(14)7-9)13(16-15)10-4-2-3-5-10/h6-8,10,13,16H,2-5,15H2,1H3. The predicted octanol–water partition coefficient (Wildman–Crippen LogP) is 2.83. The van der Waals surface area contributed by atoms with Crippen LogP contribution in [0.1, 0.15) is 42.9 Å². The van der Waals surface area contributed by atoms with Gasteiger partial charge in [-0.05, 0) is 48.9 Å². The van der Waals surface area contributed by atoms with Crippen LogP contribution in [-0.4, -0.2) is 0 Å². The normalized spacial score (nSPS) is 18.9. The number of hydrazine groups is 1. The molecule has 1 aromatic rings. The second kappa shape index (κ2) is 4.93. The highest BCUT2D eigenvalue weighted by atomic mass is 19.1. The molecule has 0 radical (unpaired) electrons. The summed E-state index contributed by atoms with van der Waals surface area (Å²) in [6, 6.07) is 5.25. The number of nitrogens with one attached hydrogen (secondary N) is 1. The van der Waals surface area contributed by atoms with Crippen LogP contribution in [0.15, 0.2) is 18.2 Å². The molecular formula is C13H19FN2. The highest BCUT2D eigenvalue weighted by Crippen LogP contribution is 2.35. The first-order valence-corrected chi connectivity index (χ1v) is 5.94. The van der Waals surface area contributed by atoms with E-state index < -0.39 is 0 Å². The molecule has 0 spiro atoms. The molecule has 1 aromatic carbocycles. The van der Waals surface area contributed by atoms with Crippen molar-refractivity contribution in [1.82, 2.24) is 5.43 Å². The lowest BCUT2D eigenvalue weighted by atomic mass is 9.91. The van der Waals surface area contributed by atoms with Gasteiger partial charge in [-0.25, -0.2) is 4.39 Å². The van der Waals surface area contributed by atoms with E-state index in [2.05, 4.69) is 5.43 Å². The van der Waals surface area contributed by atoms with Crippen LogP contribution in [0.4, 0.5) is 4.39 Å². The summed E-state index contributed by atoms with van der Waals surface area (Å²) in [7, 11) is 0. The maximum atomic E-state index is 13.3. The van der Waals surface area contributed by atoms with Crippen molar-refractivity contribution < 1.29 is 4.39 Å². The maximum absolute atomic E-state index is 13.3. The Hall–Kier alpha value is -0.930. The Kier molecular flexibility index (Phi) is 3.56. The molecule has 0 amide bonds. The lowest BCUT2D eigenvalue weighted by Gasteiger charge is -2.23. The van der Waals surface area contributed by atoms with Gasteiger partial charge in [0.1, 0.15) is 5.82 Å². The Morgan fingerprint density at radius 2 is 2.00 bits per heavy atom. The fourth-order valence-electron chi connectivity index (χ4n) is 2.74. The Morgan fingerprint density at radius 1 is 1.31 bits per heavy atom. The van der Waals surface area contributed by atoms with E-state index in [0.29, 0.717) is 5.92 Å². The molecule has 0 bridgehead atoms. The number of hydrogen-bond donors (Lipinski definition) is 2. The summed E-state index contributed by atoms with van der Waals surface area (Å²) in [4.78, 5) is 0. The van der Waals surface area contributed by atoms with Gasteiger partial charge in [0.25, 0.3) is 0 Å². The molecule has 2 rings (SSSR count). The van der Waals surface area contributed by atoms with Gasteiger partial charge in [-0.1, -0.05) is 18.9 Å². The van der Waals surface area contributed by atoms with Crippen LogP contribution < -0.4 is 11.3 Å². The van der Waals surface area contributed by atoms with E-state index in [1.165, 1.54) is 25.7 Å². The number of halogens is 1. The molecule has 1 aliphatic rings. The molecule has 1 unspecified atom stereocenters. The van der Waals surface area contributed by atoms with Crippen LogP contribution in [0.5, 0.6) is 0 Å². The smallest absolute Gasteiger partial charge is 0.123 e. The van der Waals surface area contributed by atoms with Crippen LogP contribution in [-0.2, 0) is 0 Å². The topological polar surface area (TPSA) is 38.0 Å². The molecule has 0 aromatic heterocycles. The minimum Gasteiger partial charge on any atom is -0.271 e. The maximum Gasteiger partial charge on any atom is 0.123 e.